The van der Waals surface area contributed by atoms with Gasteiger partial charge in [0, 0.05) is 31.8 Å². The second-order valence-electron chi connectivity index (χ2n) is 6.31. The lowest BCUT2D eigenvalue weighted by Crippen LogP contribution is -2.38. The lowest BCUT2D eigenvalue weighted by atomic mass is 9.94. The Hall–Kier alpha value is -1.04. The van der Waals surface area contributed by atoms with Crippen LogP contribution in [-0.2, 0) is 14.4 Å². The predicted octanol–water partition coefficient (Wildman–Crippen LogP) is 2.06. The maximum Gasteiger partial charge on any atom is 0.233 e. The van der Waals surface area contributed by atoms with Gasteiger partial charge in [-0.15, -0.1) is 0 Å². The Morgan fingerprint density at radius 1 is 1.32 bits per heavy atom. The highest BCUT2D eigenvalue weighted by Crippen LogP contribution is 2.25. The molecule has 0 aliphatic carbocycles. The molecule has 1 heterocycles. The van der Waals surface area contributed by atoms with E-state index < -0.39 is 0 Å². The molecule has 0 aromatic heterocycles. The summed E-state index contributed by atoms with van der Waals surface area (Å²) in [6, 6.07) is 0. The molecule has 3 amide bonds. The maximum atomic E-state index is 12.1. The number of thioether (sulfide) groups is 1. The van der Waals surface area contributed by atoms with Crippen molar-refractivity contribution in [3.63, 3.8) is 0 Å². The van der Waals surface area contributed by atoms with Crippen LogP contribution in [0.25, 0.3) is 0 Å². The first-order valence-electron chi connectivity index (χ1n) is 8.05. The van der Waals surface area contributed by atoms with Crippen molar-refractivity contribution in [1.29, 1.82) is 0 Å². The van der Waals surface area contributed by atoms with Crippen molar-refractivity contribution in [3.8, 4) is 0 Å². The molecule has 1 saturated heterocycles. The highest BCUT2D eigenvalue weighted by atomic mass is 32.2. The standard InChI is InChI=1S/C16H28N2O3S/c1-11(2)13-10-15(20)18(16(13)21)8-7-17-14(19)6-5-9-22-12(3)4/h11-13H,5-10H2,1-4H3,(H,17,19). The Bertz CT molecular complexity index is 410. The first-order valence-corrected chi connectivity index (χ1v) is 9.10. The number of hydrogen-bond donors (Lipinski definition) is 1. The Balaban J connectivity index is 2.22. The van der Waals surface area contributed by atoms with Gasteiger partial charge in [-0.25, -0.2) is 0 Å². The molecule has 0 spiro atoms. The summed E-state index contributed by atoms with van der Waals surface area (Å²) in [6.45, 7) is 8.82. The Labute approximate surface area is 137 Å². The third-order valence-corrected chi connectivity index (χ3v) is 4.93. The quantitative estimate of drug-likeness (QED) is 0.520. The molecule has 0 aromatic rings. The van der Waals surface area contributed by atoms with Gasteiger partial charge in [0.1, 0.15) is 0 Å². The van der Waals surface area contributed by atoms with E-state index >= 15 is 0 Å². The number of imide groups is 1. The third-order valence-electron chi connectivity index (χ3n) is 3.74. The average Bonchev–Trinajstić information content (AvgIpc) is 2.71. The zero-order chi connectivity index (χ0) is 16.7. The van der Waals surface area contributed by atoms with E-state index in [4.69, 9.17) is 0 Å². The SMILES string of the molecule is CC(C)SCCCC(=O)NCCN1C(=O)CC(C(C)C)C1=O. The number of nitrogens with one attached hydrogen (secondary N) is 1. The molecule has 1 aliphatic heterocycles. The molecule has 1 atom stereocenters. The van der Waals surface area contributed by atoms with E-state index in [9.17, 15) is 14.4 Å². The average molecular weight is 328 g/mol. The van der Waals surface area contributed by atoms with Crippen molar-refractivity contribution >= 4 is 29.5 Å². The second kappa shape index (κ2) is 9.18. The van der Waals surface area contributed by atoms with Gasteiger partial charge >= 0.3 is 0 Å². The van der Waals surface area contributed by atoms with Crippen molar-refractivity contribution in [3.05, 3.63) is 0 Å². The molecular weight excluding hydrogens is 300 g/mol. The summed E-state index contributed by atoms with van der Waals surface area (Å²) in [5.74, 6) is 0.730. The number of carbonyl (C=O) groups excluding carboxylic acids is 3. The molecule has 6 heteroatoms. The fraction of sp³-hybridized carbons (Fsp3) is 0.812. The molecule has 0 bridgehead atoms. The molecule has 0 radical (unpaired) electrons. The normalized spacial score (nSPS) is 18.6. The van der Waals surface area contributed by atoms with Gasteiger partial charge in [0.2, 0.25) is 17.7 Å². The summed E-state index contributed by atoms with van der Waals surface area (Å²) < 4.78 is 0. The van der Waals surface area contributed by atoms with Crippen LogP contribution in [0.15, 0.2) is 0 Å². The molecule has 1 N–H and O–H groups in total. The molecule has 126 valence electrons. The minimum absolute atomic E-state index is 0.0103. The van der Waals surface area contributed by atoms with Crippen LogP contribution in [0.5, 0.6) is 0 Å². The predicted molar refractivity (Wildman–Crippen MR) is 89.5 cm³/mol. The number of hydrogen-bond acceptors (Lipinski definition) is 4. The molecular formula is C16H28N2O3S. The van der Waals surface area contributed by atoms with Crippen molar-refractivity contribution in [2.24, 2.45) is 11.8 Å². The number of amides is 3. The Morgan fingerprint density at radius 3 is 2.55 bits per heavy atom. The fourth-order valence-corrected chi connectivity index (χ4v) is 3.19. The summed E-state index contributed by atoms with van der Waals surface area (Å²) in [5.41, 5.74) is 0. The van der Waals surface area contributed by atoms with Crippen LogP contribution in [0.4, 0.5) is 0 Å². The topological polar surface area (TPSA) is 66.5 Å². The molecule has 1 aliphatic rings. The lowest BCUT2D eigenvalue weighted by Gasteiger charge is -2.16. The van der Waals surface area contributed by atoms with Gasteiger partial charge in [0.05, 0.1) is 0 Å². The molecule has 1 fully saturated rings. The van der Waals surface area contributed by atoms with Crippen LogP contribution in [0.2, 0.25) is 0 Å². The van der Waals surface area contributed by atoms with Crippen molar-refractivity contribution in [1.82, 2.24) is 10.2 Å². The van der Waals surface area contributed by atoms with Gasteiger partial charge < -0.3 is 5.32 Å². The molecule has 1 rings (SSSR count). The third kappa shape index (κ3) is 5.99. The highest BCUT2D eigenvalue weighted by Gasteiger charge is 2.39. The van der Waals surface area contributed by atoms with E-state index in [1.807, 2.05) is 25.6 Å². The van der Waals surface area contributed by atoms with Crippen molar-refractivity contribution in [2.75, 3.05) is 18.8 Å². The summed E-state index contributed by atoms with van der Waals surface area (Å²) in [7, 11) is 0. The largest absolute Gasteiger partial charge is 0.354 e. The number of nitrogens with zero attached hydrogens (tertiary/aromatic N) is 1. The van der Waals surface area contributed by atoms with E-state index in [2.05, 4.69) is 19.2 Å². The molecule has 1 unspecified atom stereocenters. The Morgan fingerprint density at radius 2 is 2.00 bits per heavy atom. The van der Waals surface area contributed by atoms with Crippen LogP contribution in [-0.4, -0.2) is 46.7 Å². The van der Waals surface area contributed by atoms with Crippen LogP contribution >= 0.6 is 11.8 Å². The summed E-state index contributed by atoms with van der Waals surface area (Å²) in [4.78, 5) is 36.9. The van der Waals surface area contributed by atoms with Crippen molar-refractivity contribution in [2.45, 2.75) is 52.2 Å². The van der Waals surface area contributed by atoms with E-state index in [0.29, 0.717) is 24.6 Å². The van der Waals surface area contributed by atoms with Gasteiger partial charge in [-0.1, -0.05) is 27.7 Å². The summed E-state index contributed by atoms with van der Waals surface area (Å²) in [6.07, 6.45) is 1.65. The van der Waals surface area contributed by atoms with Gasteiger partial charge in [-0.05, 0) is 23.3 Å². The Kier molecular flexibility index (Phi) is 7.93. The van der Waals surface area contributed by atoms with Crippen molar-refractivity contribution < 1.29 is 14.4 Å². The first-order chi connectivity index (χ1) is 10.3. The molecule has 5 nitrogen and oxygen atoms in total. The number of rotatable bonds is 9. The van der Waals surface area contributed by atoms with Gasteiger partial charge in [-0.3, -0.25) is 19.3 Å². The zero-order valence-corrected chi connectivity index (χ0v) is 14.9. The van der Waals surface area contributed by atoms with E-state index in [1.54, 1.807) is 0 Å². The summed E-state index contributed by atoms with van der Waals surface area (Å²) >= 11 is 1.84. The van der Waals surface area contributed by atoms with Crippen LogP contribution < -0.4 is 5.32 Å². The van der Waals surface area contributed by atoms with Gasteiger partial charge in [0.25, 0.3) is 0 Å². The summed E-state index contributed by atoms with van der Waals surface area (Å²) in [5, 5.41) is 3.38. The smallest absolute Gasteiger partial charge is 0.233 e. The van der Waals surface area contributed by atoms with E-state index in [1.165, 1.54) is 4.90 Å². The lowest BCUT2D eigenvalue weighted by molar-refractivity contribution is -0.140. The monoisotopic (exact) mass is 328 g/mol. The number of carbonyl (C=O) groups is 3. The van der Waals surface area contributed by atoms with E-state index in [0.717, 1.165) is 12.2 Å². The fourth-order valence-electron chi connectivity index (χ4n) is 2.41. The van der Waals surface area contributed by atoms with Gasteiger partial charge in [0.15, 0.2) is 0 Å². The zero-order valence-electron chi connectivity index (χ0n) is 14.1. The van der Waals surface area contributed by atoms with Crippen LogP contribution in [0.3, 0.4) is 0 Å². The second-order valence-corrected chi connectivity index (χ2v) is 8.00. The van der Waals surface area contributed by atoms with E-state index in [-0.39, 0.29) is 36.1 Å². The molecule has 22 heavy (non-hydrogen) atoms. The highest BCUT2D eigenvalue weighted by molar-refractivity contribution is 7.99. The molecule has 0 saturated carbocycles. The molecule has 0 aromatic carbocycles. The first kappa shape index (κ1) is 19.0. The van der Waals surface area contributed by atoms with Crippen LogP contribution in [0, 0.1) is 11.8 Å². The maximum absolute atomic E-state index is 12.1. The minimum Gasteiger partial charge on any atom is -0.354 e. The van der Waals surface area contributed by atoms with Crippen LogP contribution in [0.1, 0.15) is 47.0 Å². The minimum atomic E-state index is -0.198. The van der Waals surface area contributed by atoms with Gasteiger partial charge in [-0.2, -0.15) is 11.8 Å². The number of likely N-dealkylation sites (tertiary alicyclic amines) is 1.